The van der Waals surface area contributed by atoms with E-state index in [9.17, 15) is 14.7 Å². The van der Waals surface area contributed by atoms with Crippen molar-refractivity contribution in [2.45, 2.75) is 33.6 Å². The molecule has 0 saturated carbocycles. The van der Waals surface area contributed by atoms with Crippen LogP contribution in [0.4, 0.5) is 0 Å². The minimum atomic E-state index is -0.884. The van der Waals surface area contributed by atoms with Crippen LogP contribution in [0, 0.1) is 15.9 Å². The van der Waals surface area contributed by atoms with Gasteiger partial charge in [-0.05, 0) is 54.0 Å². The maximum absolute atomic E-state index is 12.2. The average Bonchev–Trinajstić information content (AvgIpc) is 2.43. The minimum absolute atomic E-state index is 0.151. The first-order valence-electron chi connectivity index (χ1n) is 6.64. The van der Waals surface area contributed by atoms with Gasteiger partial charge in [-0.15, -0.1) is 0 Å². The van der Waals surface area contributed by atoms with Crippen molar-refractivity contribution in [2.24, 2.45) is 5.41 Å². The number of halogens is 1. The highest BCUT2D eigenvalue weighted by atomic mass is 127. The van der Waals surface area contributed by atoms with Crippen LogP contribution in [0.1, 0.15) is 42.6 Å². The summed E-state index contributed by atoms with van der Waals surface area (Å²) in [5.74, 6) is -1.08. The van der Waals surface area contributed by atoms with Crippen molar-refractivity contribution >= 4 is 34.5 Å². The molecule has 20 heavy (non-hydrogen) atoms. The molecule has 0 aromatic heterocycles. The van der Waals surface area contributed by atoms with Crippen LogP contribution in [0.25, 0.3) is 0 Å². The maximum Gasteiger partial charge on any atom is 0.311 e. The van der Waals surface area contributed by atoms with Crippen LogP contribution in [0.3, 0.4) is 0 Å². The zero-order valence-corrected chi connectivity index (χ0v) is 14.2. The molecule has 5 heteroatoms. The summed E-state index contributed by atoms with van der Waals surface area (Å²) in [5.41, 5.74) is 0.746. The third kappa shape index (κ3) is 3.50. The number of carbonyl (C=O) groups excluding carboxylic acids is 1. The molecule has 0 radical (unpaired) electrons. The van der Waals surface area contributed by atoms with Crippen LogP contribution in [-0.2, 0) is 4.79 Å². The van der Waals surface area contributed by atoms with Crippen molar-refractivity contribution < 1.29 is 14.7 Å². The van der Waals surface area contributed by atoms with E-state index in [1.165, 1.54) is 0 Å². The molecular weight excluding hydrogens is 369 g/mol. The van der Waals surface area contributed by atoms with Crippen LogP contribution in [0.15, 0.2) is 18.2 Å². The van der Waals surface area contributed by atoms with E-state index in [0.717, 1.165) is 9.13 Å². The lowest BCUT2D eigenvalue weighted by atomic mass is 9.82. The van der Waals surface area contributed by atoms with E-state index in [1.807, 2.05) is 32.9 Å². The lowest BCUT2D eigenvalue weighted by Crippen LogP contribution is -2.42. The maximum atomic E-state index is 12.2. The van der Waals surface area contributed by atoms with Crippen molar-refractivity contribution in [3.05, 3.63) is 32.9 Å². The number of carboxylic acids is 1. The predicted molar refractivity (Wildman–Crippen MR) is 86.9 cm³/mol. The fourth-order valence-corrected chi connectivity index (χ4v) is 2.65. The van der Waals surface area contributed by atoms with Crippen LogP contribution < -0.4 is 5.32 Å². The minimum Gasteiger partial charge on any atom is -0.481 e. The van der Waals surface area contributed by atoms with Gasteiger partial charge in [0.05, 0.1) is 11.0 Å². The Morgan fingerprint density at radius 1 is 1.30 bits per heavy atom. The van der Waals surface area contributed by atoms with E-state index in [0.29, 0.717) is 18.4 Å². The Hall–Kier alpha value is -1.11. The highest BCUT2D eigenvalue weighted by Crippen LogP contribution is 2.26. The summed E-state index contributed by atoms with van der Waals surface area (Å²) in [6, 6.07) is 5.53. The molecule has 0 atom stereocenters. The second-order valence-electron chi connectivity index (χ2n) is 4.91. The Labute approximate surface area is 133 Å². The van der Waals surface area contributed by atoms with Gasteiger partial charge in [0.2, 0.25) is 0 Å². The molecule has 0 bridgehead atoms. The molecule has 1 aromatic rings. The standard InChI is InChI=1S/C15H20INO3/c1-4-15(5-2,14(19)20)9-17-13(18)11-8-6-7-10(3)12(11)16/h6-8H,4-5,9H2,1-3H3,(H,17,18)(H,19,20). The van der Waals surface area contributed by atoms with Gasteiger partial charge in [-0.3, -0.25) is 9.59 Å². The molecule has 2 N–H and O–H groups in total. The molecule has 0 aliphatic rings. The normalized spacial score (nSPS) is 11.2. The summed E-state index contributed by atoms with van der Waals surface area (Å²) < 4.78 is 0.900. The number of carboxylic acid groups (broad SMARTS) is 1. The Balaban J connectivity index is 2.86. The van der Waals surface area contributed by atoms with Gasteiger partial charge in [-0.2, -0.15) is 0 Å². The summed E-state index contributed by atoms with van der Waals surface area (Å²) in [6.07, 6.45) is 0.980. The Kier molecular flexibility index (Phi) is 5.98. The van der Waals surface area contributed by atoms with Crippen molar-refractivity contribution in [2.75, 3.05) is 6.54 Å². The van der Waals surface area contributed by atoms with Gasteiger partial charge in [-0.1, -0.05) is 26.0 Å². The third-order valence-corrected chi connectivity index (χ3v) is 5.26. The summed E-state index contributed by atoms with van der Waals surface area (Å²) >= 11 is 2.14. The van der Waals surface area contributed by atoms with Crippen molar-refractivity contribution in [1.82, 2.24) is 5.32 Å². The van der Waals surface area contributed by atoms with Crippen LogP contribution in [0.5, 0.6) is 0 Å². The molecule has 0 saturated heterocycles. The number of aliphatic carboxylic acids is 1. The second-order valence-corrected chi connectivity index (χ2v) is 5.99. The smallest absolute Gasteiger partial charge is 0.311 e. The molecule has 0 heterocycles. The number of benzene rings is 1. The molecule has 1 aromatic carbocycles. The lowest BCUT2D eigenvalue weighted by Gasteiger charge is -2.27. The molecule has 0 unspecified atom stereocenters. The van der Waals surface area contributed by atoms with Crippen molar-refractivity contribution in [3.8, 4) is 0 Å². The van der Waals surface area contributed by atoms with Gasteiger partial charge in [-0.25, -0.2) is 0 Å². The van der Waals surface area contributed by atoms with Crippen molar-refractivity contribution in [1.29, 1.82) is 0 Å². The lowest BCUT2D eigenvalue weighted by molar-refractivity contribution is -0.149. The van der Waals surface area contributed by atoms with Gasteiger partial charge < -0.3 is 10.4 Å². The quantitative estimate of drug-likeness (QED) is 0.735. The largest absolute Gasteiger partial charge is 0.481 e. The molecule has 1 rings (SSSR count). The van der Waals surface area contributed by atoms with E-state index in [-0.39, 0.29) is 12.5 Å². The number of hydrogen-bond acceptors (Lipinski definition) is 2. The molecule has 0 aliphatic carbocycles. The number of amides is 1. The Morgan fingerprint density at radius 3 is 2.40 bits per heavy atom. The van der Waals surface area contributed by atoms with Crippen LogP contribution >= 0.6 is 22.6 Å². The number of nitrogens with one attached hydrogen (secondary N) is 1. The molecule has 4 nitrogen and oxygen atoms in total. The number of carbonyl (C=O) groups is 2. The summed E-state index contributed by atoms with van der Waals surface area (Å²) in [4.78, 5) is 23.6. The average molecular weight is 389 g/mol. The second kappa shape index (κ2) is 7.06. The summed E-state index contributed by atoms with van der Waals surface area (Å²) in [5, 5.41) is 12.1. The number of rotatable bonds is 6. The topological polar surface area (TPSA) is 66.4 Å². The Bertz CT molecular complexity index is 510. The molecule has 0 aliphatic heterocycles. The van der Waals surface area contributed by atoms with Crippen LogP contribution in [0.2, 0.25) is 0 Å². The predicted octanol–water partition coefficient (Wildman–Crippen LogP) is 3.22. The fourth-order valence-electron chi connectivity index (χ4n) is 2.05. The molecule has 1 amide bonds. The first-order valence-corrected chi connectivity index (χ1v) is 7.72. The monoisotopic (exact) mass is 389 g/mol. The number of aryl methyl sites for hydroxylation is 1. The van der Waals surface area contributed by atoms with Gasteiger partial charge in [0.25, 0.3) is 5.91 Å². The highest BCUT2D eigenvalue weighted by Gasteiger charge is 2.35. The summed E-state index contributed by atoms with van der Waals surface area (Å²) in [7, 11) is 0. The van der Waals surface area contributed by atoms with Gasteiger partial charge in [0.15, 0.2) is 0 Å². The molecular formula is C15H20INO3. The summed E-state index contributed by atoms with van der Waals surface area (Å²) in [6.45, 7) is 5.76. The molecule has 0 spiro atoms. The third-order valence-electron chi connectivity index (χ3n) is 3.83. The molecule has 0 fully saturated rings. The fraction of sp³-hybridized carbons (Fsp3) is 0.467. The van der Waals surface area contributed by atoms with Crippen molar-refractivity contribution in [3.63, 3.8) is 0 Å². The van der Waals surface area contributed by atoms with E-state index in [4.69, 9.17) is 0 Å². The van der Waals surface area contributed by atoms with Gasteiger partial charge in [0, 0.05) is 10.1 Å². The number of hydrogen-bond donors (Lipinski definition) is 2. The van der Waals surface area contributed by atoms with Gasteiger partial charge >= 0.3 is 5.97 Å². The first kappa shape index (κ1) is 16.9. The van der Waals surface area contributed by atoms with E-state index in [1.54, 1.807) is 6.07 Å². The zero-order chi connectivity index (χ0) is 15.3. The van der Waals surface area contributed by atoms with E-state index < -0.39 is 11.4 Å². The van der Waals surface area contributed by atoms with E-state index in [2.05, 4.69) is 27.9 Å². The highest BCUT2D eigenvalue weighted by molar-refractivity contribution is 14.1. The van der Waals surface area contributed by atoms with Crippen LogP contribution in [-0.4, -0.2) is 23.5 Å². The SMILES string of the molecule is CCC(CC)(CNC(=O)c1cccc(C)c1I)C(=O)O. The first-order chi connectivity index (χ1) is 9.38. The zero-order valence-electron chi connectivity index (χ0n) is 12.0. The Morgan fingerprint density at radius 2 is 1.90 bits per heavy atom. The molecule has 110 valence electrons. The van der Waals surface area contributed by atoms with Gasteiger partial charge in [0.1, 0.15) is 0 Å². The van der Waals surface area contributed by atoms with E-state index >= 15 is 0 Å².